The van der Waals surface area contributed by atoms with Crippen molar-refractivity contribution in [2.24, 2.45) is 5.92 Å². The zero-order valence-electron chi connectivity index (χ0n) is 63.0. The number of nitrogens with one attached hydrogen (secondary N) is 6. The summed E-state index contributed by atoms with van der Waals surface area (Å²) in [5.74, 6) is -7.54. The zero-order valence-corrected chi connectivity index (χ0v) is 63.0. The predicted molar refractivity (Wildman–Crippen MR) is 387 cm³/mol. The van der Waals surface area contributed by atoms with Crippen molar-refractivity contribution in [2.75, 3.05) is 6.61 Å². The van der Waals surface area contributed by atoms with Gasteiger partial charge in [0.2, 0.25) is 41.4 Å². The highest BCUT2D eigenvalue weighted by atomic mass is 16.6. The Kier molecular flexibility index (Phi) is 26.8. The minimum absolute atomic E-state index is 0.0469. The number of carbonyl (C=O) groups excluding carboxylic acids is 10. The maximum atomic E-state index is 15.7. The summed E-state index contributed by atoms with van der Waals surface area (Å²) in [6.07, 6.45) is 2.63. The molecule has 7 rings (SSSR count). The van der Waals surface area contributed by atoms with Gasteiger partial charge in [0.1, 0.15) is 76.8 Å². The van der Waals surface area contributed by atoms with Crippen LogP contribution < -0.4 is 36.6 Å². The topological polar surface area (TPSA) is 370 Å². The molecule has 8 amide bonds. The number of ether oxygens (including phenoxy) is 5. The average Bonchev–Trinajstić information content (AvgIpc) is 1.64. The number of carboxylic acids is 1. The maximum Gasteiger partial charge on any atom is 0.419 e. The van der Waals surface area contributed by atoms with E-state index < -0.39 is 155 Å². The predicted octanol–water partition coefficient (Wildman–Crippen LogP) is 7.88. The molecule has 7 atom stereocenters. The van der Waals surface area contributed by atoms with Gasteiger partial charge in [0.05, 0.1) is 35.4 Å². The molecule has 1 fully saturated rings. The van der Waals surface area contributed by atoms with Crippen LogP contribution in [-0.4, -0.2) is 176 Å². The molecule has 29 heteroatoms. The second-order valence-electron chi connectivity index (χ2n) is 31.5. The van der Waals surface area contributed by atoms with E-state index in [0.29, 0.717) is 44.9 Å². The molecule has 1 aliphatic rings. The number of benzene rings is 3. The van der Waals surface area contributed by atoms with Gasteiger partial charge in [-0.15, -0.1) is 0 Å². The van der Waals surface area contributed by atoms with E-state index in [1.54, 1.807) is 163 Å². The molecular formula is C76H102N12O17. The van der Waals surface area contributed by atoms with Gasteiger partial charge >= 0.3 is 24.2 Å². The average molecular weight is 1460 g/mol. The number of para-hydroxylation sites is 1. The lowest BCUT2D eigenvalue weighted by molar-refractivity contribution is -0.143. The minimum atomic E-state index is -1.75. The van der Waals surface area contributed by atoms with Crippen molar-refractivity contribution in [1.29, 1.82) is 0 Å². The quantitative estimate of drug-likeness (QED) is 0.0230. The largest absolute Gasteiger partial charge is 0.488 e. The number of hydrogen-bond acceptors (Lipinski definition) is 18. The number of aliphatic carboxylic acids is 1. The third-order valence-corrected chi connectivity index (χ3v) is 15.8. The number of carbonyl (C=O) groups is 11. The highest BCUT2D eigenvalue weighted by Gasteiger charge is 2.44. The molecule has 0 aliphatic carbocycles. The first-order valence-electron chi connectivity index (χ1n) is 35.0. The maximum absolute atomic E-state index is 15.7. The molecule has 105 heavy (non-hydrogen) atoms. The fourth-order valence-electron chi connectivity index (χ4n) is 11.2. The van der Waals surface area contributed by atoms with Crippen molar-refractivity contribution in [1.82, 2.24) is 60.5 Å². The van der Waals surface area contributed by atoms with E-state index in [4.69, 9.17) is 23.7 Å². The molecule has 4 heterocycles. The molecule has 0 unspecified atom stereocenters. The fraction of sp³-hybridized carbons (Fsp3) is 0.513. The highest BCUT2D eigenvalue weighted by molar-refractivity contribution is 6.03. The second kappa shape index (κ2) is 34.4. The van der Waals surface area contributed by atoms with Crippen LogP contribution in [0.2, 0.25) is 0 Å². The number of rotatable bonds is 28. The molecule has 568 valence electrons. The molecule has 29 nitrogen and oxygen atoms in total. The van der Waals surface area contributed by atoms with Crippen LogP contribution in [0.3, 0.4) is 0 Å². The Balaban J connectivity index is 1.30. The molecule has 1 saturated heterocycles. The van der Waals surface area contributed by atoms with Gasteiger partial charge in [-0.3, -0.25) is 38.1 Å². The summed E-state index contributed by atoms with van der Waals surface area (Å²) in [6, 6.07) is 11.9. The highest BCUT2D eigenvalue weighted by Crippen LogP contribution is 2.27. The number of fused-ring (bicyclic) bond motifs is 1. The summed E-state index contributed by atoms with van der Waals surface area (Å²) in [4.78, 5) is 168. The zero-order chi connectivity index (χ0) is 77.7. The number of aromatic nitrogens is 5. The van der Waals surface area contributed by atoms with Crippen molar-refractivity contribution in [3.8, 4) is 5.75 Å². The van der Waals surface area contributed by atoms with E-state index in [2.05, 4.69) is 41.9 Å². The van der Waals surface area contributed by atoms with Crippen LogP contribution in [0, 0.1) is 5.92 Å². The number of likely N-dealkylation sites (tertiary alicyclic amines) is 1. The SMILES string of the molecule is CC(C)C[C@H](NC(=O)[C@@H](Cc1cn(Cc2ccccc2)cn1)NC(=O)[C@H](Cc1ccc(OC(C)(C)C)cc1)NC(=O)[C@H](COC(C)(C)C)NC(=O)[C@H](Cc1cn(C(=O)OC(C)(C)C)c2ccccc12)NC(=O)[C@H](Cc1cn(C(=O)OC(C)(C)C)cn1)NC(=O)[C@@H]1CCC(=O)N1C(=O)OC(C)(C)C)C(=O)O. The van der Waals surface area contributed by atoms with Gasteiger partial charge in [-0.1, -0.05) is 74.5 Å². The Morgan fingerprint density at radius 2 is 1.01 bits per heavy atom. The summed E-state index contributed by atoms with van der Waals surface area (Å²) in [7, 11) is 0. The van der Waals surface area contributed by atoms with Crippen LogP contribution in [0.1, 0.15) is 165 Å². The molecule has 6 aromatic rings. The summed E-state index contributed by atoms with van der Waals surface area (Å²) >= 11 is 0. The van der Waals surface area contributed by atoms with Gasteiger partial charge in [-0.05, 0) is 158 Å². The number of nitrogens with zero attached hydrogens (tertiary/aromatic N) is 6. The van der Waals surface area contributed by atoms with Gasteiger partial charge < -0.3 is 65.3 Å². The van der Waals surface area contributed by atoms with Gasteiger partial charge in [0, 0.05) is 62.6 Å². The summed E-state index contributed by atoms with van der Waals surface area (Å²) < 4.78 is 33.2. The second-order valence-corrected chi connectivity index (χ2v) is 31.5. The standard InChI is InChI=1S/C76H102N12O17/c1-45(2)33-57(68(96)97)83-65(93)55(36-49-40-85(43-77-49)38-47-23-19-18-20-24-47)81-62(90)53(34-46-27-29-51(30-28-46)102-73(6,7)8)79-66(94)58(42-101-72(3,4)5)84-63(91)54(35-48-39-87(70(99)104-75(12,13)14)59-26-22-21-25-52(48)59)80-64(92)56(37-50-41-86(44-78-50)69(98)103-74(9,10)11)82-67(95)60-31-32-61(89)88(60)71(100)105-76(15,16)17/h18-30,39-41,43-45,53-58,60H,31-38,42H2,1-17H3,(H,79,94)(H,80,92)(H,81,90)(H,82,95)(H,83,93)(H,84,91)(H,96,97)/t53-,54-,55+,56-,57-,58-,60-/m0/s1. The fourth-order valence-corrected chi connectivity index (χ4v) is 11.2. The van der Waals surface area contributed by atoms with Gasteiger partial charge in [0.15, 0.2) is 0 Å². The summed E-state index contributed by atoms with van der Waals surface area (Å²) in [5, 5.41) is 27.1. The lowest BCUT2D eigenvalue weighted by Gasteiger charge is -2.29. The third-order valence-electron chi connectivity index (χ3n) is 15.8. The Labute approximate surface area is 611 Å². The number of imidazole rings is 2. The number of amides is 8. The first-order valence-corrected chi connectivity index (χ1v) is 35.0. The lowest BCUT2D eigenvalue weighted by atomic mass is 10.0. The molecule has 3 aromatic carbocycles. The molecule has 0 spiro atoms. The monoisotopic (exact) mass is 1450 g/mol. The summed E-state index contributed by atoms with van der Waals surface area (Å²) in [6.45, 7) is 28.9. The minimum Gasteiger partial charge on any atom is -0.488 e. The third kappa shape index (κ3) is 25.4. The first kappa shape index (κ1) is 81.8. The molecular weight excluding hydrogens is 1350 g/mol. The van der Waals surface area contributed by atoms with E-state index in [0.717, 1.165) is 16.5 Å². The van der Waals surface area contributed by atoms with Gasteiger partial charge in [-0.25, -0.2) is 38.6 Å². The van der Waals surface area contributed by atoms with E-state index in [9.17, 15) is 38.7 Å². The van der Waals surface area contributed by atoms with Crippen LogP contribution in [0.25, 0.3) is 10.9 Å². The van der Waals surface area contributed by atoms with Crippen molar-refractivity contribution in [2.45, 2.75) is 239 Å². The smallest absolute Gasteiger partial charge is 0.419 e. The van der Waals surface area contributed by atoms with E-state index in [-0.39, 0.29) is 43.7 Å². The normalized spacial score (nSPS) is 15.3. The van der Waals surface area contributed by atoms with Crippen molar-refractivity contribution >= 4 is 76.5 Å². The van der Waals surface area contributed by atoms with E-state index >= 15 is 19.2 Å². The van der Waals surface area contributed by atoms with Crippen molar-refractivity contribution in [3.05, 3.63) is 138 Å². The van der Waals surface area contributed by atoms with E-state index in [1.807, 2.05) is 51.1 Å². The Hall–Kier alpha value is -10.4. The molecule has 7 N–H and O–H groups in total. The summed E-state index contributed by atoms with van der Waals surface area (Å²) in [5.41, 5.74) is -2.06. The van der Waals surface area contributed by atoms with E-state index in [1.165, 1.54) is 17.0 Å². The Bertz CT molecular complexity index is 4090. The van der Waals surface area contributed by atoms with Gasteiger partial charge in [-0.2, -0.15) is 0 Å². The number of imide groups is 1. The Morgan fingerprint density at radius 1 is 0.514 bits per heavy atom. The van der Waals surface area contributed by atoms with Crippen LogP contribution in [0.4, 0.5) is 14.4 Å². The molecule has 3 aromatic heterocycles. The molecule has 0 saturated carbocycles. The number of carboxylic acid groups (broad SMARTS) is 1. The Morgan fingerprint density at radius 3 is 1.57 bits per heavy atom. The molecule has 1 aliphatic heterocycles. The molecule has 0 radical (unpaired) electrons. The number of hydrogen-bond donors (Lipinski definition) is 7. The van der Waals surface area contributed by atoms with Crippen LogP contribution in [0.15, 0.2) is 110 Å². The first-order chi connectivity index (χ1) is 48.9. The van der Waals surface area contributed by atoms with Gasteiger partial charge in [0.25, 0.3) is 0 Å². The van der Waals surface area contributed by atoms with Crippen LogP contribution in [-0.2, 0) is 89.5 Å². The molecule has 0 bridgehead atoms. The van der Waals surface area contributed by atoms with Crippen molar-refractivity contribution in [3.63, 3.8) is 0 Å². The van der Waals surface area contributed by atoms with Crippen LogP contribution >= 0.6 is 0 Å². The van der Waals surface area contributed by atoms with Crippen molar-refractivity contribution < 1.29 is 81.5 Å². The lowest BCUT2D eigenvalue weighted by Crippen LogP contribution is -2.61. The van der Waals surface area contributed by atoms with Crippen LogP contribution in [0.5, 0.6) is 5.75 Å².